The van der Waals surface area contributed by atoms with Gasteiger partial charge in [-0.05, 0) is 30.4 Å². The quantitative estimate of drug-likeness (QED) is 0.784. The molecule has 0 N–H and O–H groups in total. The van der Waals surface area contributed by atoms with Gasteiger partial charge in [-0.15, -0.1) is 0 Å². The maximum atomic E-state index is 13.3. The molecule has 1 aromatic heterocycles. The third-order valence-corrected chi connectivity index (χ3v) is 5.70. The number of fused-ring (bicyclic) bond motifs is 1. The number of benzene rings is 1. The Kier molecular flexibility index (Phi) is 4.91. The first-order valence-corrected chi connectivity index (χ1v) is 9.44. The number of nitrogens with zero attached hydrogens (tertiary/aromatic N) is 3. The van der Waals surface area contributed by atoms with Crippen LogP contribution < -0.4 is 0 Å². The Bertz CT molecular complexity index is 883. The first kappa shape index (κ1) is 19.0. The van der Waals surface area contributed by atoms with E-state index >= 15 is 0 Å². The normalized spacial score (nSPS) is 18.2. The minimum absolute atomic E-state index is 0.162. The van der Waals surface area contributed by atoms with E-state index in [0.29, 0.717) is 50.4 Å². The van der Waals surface area contributed by atoms with Gasteiger partial charge in [-0.1, -0.05) is 18.2 Å². The monoisotopic (exact) mass is 393 g/mol. The summed E-state index contributed by atoms with van der Waals surface area (Å²) in [4.78, 5) is 14.7. The van der Waals surface area contributed by atoms with Gasteiger partial charge in [-0.2, -0.15) is 18.3 Å². The molecule has 0 bridgehead atoms. The lowest BCUT2D eigenvalue weighted by atomic mass is 9.86. The van der Waals surface area contributed by atoms with Gasteiger partial charge in [0.25, 0.3) is 5.91 Å². The van der Waals surface area contributed by atoms with Crippen LogP contribution in [0, 0.1) is 0 Å². The van der Waals surface area contributed by atoms with Gasteiger partial charge in [-0.3, -0.25) is 9.48 Å². The maximum absolute atomic E-state index is 13.3. The van der Waals surface area contributed by atoms with Crippen molar-refractivity contribution in [1.82, 2.24) is 14.7 Å². The molecule has 2 aliphatic heterocycles. The van der Waals surface area contributed by atoms with Gasteiger partial charge < -0.3 is 9.64 Å². The second kappa shape index (κ2) is 7.24. The van der Waals surface area contributed by atoms with Crippen molar-refractivity contribution in [3.8, 4) is 0 Å². The average Bonchev–Trinajstić information content (AvgIpc) is 3.04. The zero-order valence-corrected chi connectivity index (χ0v) is 15.6. The van der Waals surface area contributed by atoms with E-state index in [-0.39, 0.29) is 11.8 Å². The molecule has 28 heavy (non-hydrogen) atoms. The molecule has 2 aromatic rings. The first-order chi connectivity index (χ1) is 13.4. The van der Waals surface area contributed by atoms with E-state index in [4.69, 9.17) is 4.74 Å². The number of likely N-dealkylation sites (tertiary alicyclic amines) is 1. The molecular formula is C20H22F3N3O2. The van der Waals surface area contributed by atoms with E-state index in [1.54, 1.807) is 21.7 Å². The second-order valence-corrected chi connectivity index (χ2v) is 7.35. The highest BCUT2D eigenvalue weighted by Gasteiger charge is 2.36. The molecular weight excluding hydrogens is 371 g/mol. The molecule has 3 heterocycles. The number of piperidine rings is 1. The van der Waals surface area contributed by atoms with Gasteiger partial charge in [0.05, 0.1) is 18.8 Å². The third-order valence-electron chi connectivity index (χ3n) is 5.70. The number of aromatic nitrogens is 2. The largest absolute Gasteiger partial charge is 0.416 e. The lowest BCUT2D eigenvalue weighted by molar-refractivity contribution is -0.138. The van der Waals surface area contributed by atoms with E-state index in [1.165, 1.54) is 6.07 Å². The Balaban J connectivity index is 1.49. The standard InChI is InChI=1S/C20H22F3N3O2/c1-25-17-8-11-28-12-15(17)18(24-25)19(27)26-9-6-13(7-10-26)14-4-2-3-5-16(14)20(21,22)23/h2-5,13H,6-12H2,1H3. The van der Waals surface area contributed by atoms with Crippen LogP contribution in [0.1, 0.15) is 51.6 Å². The van der Waals surface area contributed by atoms with Gasteiger partial charge in [0.15, 0.2) is 5.69 Å². The van der Waals surface area contributed by atoms with Crippen LogP contribution in [-0.2, 0) is 31.0 Å². The van der Waals surface area contributed by atoms with Crippen molar-refractivity contribution in [3.63, 3.8) is 0 Å². The van der Waals surface area contributed by atoms with Crippen LogP contribution in [0.5, 0.6) is 0 Å². The molecule has 1 fully saturated rings. The Morgan fingerprint density at radius 3 is 2.64 bits per heavy atom. The molecule has 0 saturated carbocycles. The number of halogens is 3. The van der Waals surface area contributed by atoms with Crippen molar-refractivity contribution < 1.29 is 22.7 Å². The summed E-state index contributed by atoms with van der Waals surface area (Å²) in [5.41, 5.74) is 2.01. The molecule has 1 aromatic carbocycles. The number of alkyl halides is 3. The van der Waals surface area contributed by atoms with Crippen molar-refractivity contribution in [2.75, 3.05) is 19.7 Å². The van der Waals surface area contributed by atoms with Gasteiger partial charge in [0.2, 0.25) is 0 Å². The molecule has 5 nitrogen and oxygen atoms in total. The van der Waals surface area contributed by atoms with Gasteiger partial charge in [-0.25, -0.2) is 0 Å². The number of amides is 1. The van der Waals surface area contributed by atoms with Gasteiger partial charge in [0, 0.05) is 37.8 Å². The van der Waals surface area contributed by atoms with E-state index in [1.807, 2.05) is 7.05 Å². The van der Waals surface area contributed by atoms with Crippen molar-refractivity contribution in [2.45, 2.75) is 38.0 Å². The predicted octanol–water partition coefficient (Wildman–Crippen LogP) is 3.53. The highest BCUT2D eigenvalue weighted by molar-refractivity contribution is 5.94. The van der Waals surface area contributed by atoms with Crippen LogP contribution in [0.25, 0.3) is 0 Å². The number of carbonyl (C=O) groups is 1. The molecule has 0 spiro atoms. The van der Waals surface area contributed by atoms with E-state index in [2.05, 4.69) is 5.10 Å². The van der Waals surface area contributed by atoms with Crippen molar-refractivity contribution in [2.24, 2.45) is 7.05 Å². The topological polar surface area (TPSA) is 47.4 Å². The molecule has 1 amide bonds. The Hall–Kier alpha value is -2.35. The molecule has 8 heteroatoms. The van der Waals surface area contributed by atoms with Crippen molar-refractivity contribution in [3.05, 3.63) is 52.3 Å². The summed E-state index contributed by atoms with van der Waals surface area (Å²) in [6.45, 7) is 1.83. The van der Waals surface area contributed by atoms with Gasteiger partial charge >= 0.3 is 6.18 Å². The summed E-state index contributed by atoms with van der Waals surface area (Å²) in [5.74, 6) is -0.368. The lowest BCUT2D eigenvalue weighted by Gasteiger charge is -2.33. The molecule has 0 unspecified atom stereocenters. The Morgan fingerprint density at radius 1 is 1.21 bits per heavy atom. The summed E-state index contributed by atoms with van der Waals surface area (Å²) < 4.78 is 47.1. The molecule has 0 atom stereocenters. The summed E-state index contributed by atoms with van der Waals surface area (Å²) in [5, 5.41) is 4.39. The summed E-state index contributed by atoms with van der Waals surface area (Å²) in [7, 11) is 1.82. The lowest BCUT2D eigenvalue weighted by Crippen LogP contribution is -2.39. The predicted molar refractivity (Wildman–Crippen MR) is 95.9 cm³/mol. The number of hydrogen-bond acceptors (Lipinski definition) is 3. The fraction of sp³-hybridized carbons (Fsp3) is 0.500. The van der Waals surface area contributed by atoms with Crippen LogP contribution in [0.3, 0.4) is 0 Å². The van der Waals surface area contributed by atoms with E-state index < -0.39 is 11.7 Å². The van der Waals surface area contributed by atoms with Crippen molar-refractivity contribution in [1.29, 1.82) is 0 Å². The highest BCUT2D eigenvalue weighted by Crippen LogP contribution is 2.38. The Labute approximate surface area is 161 Å². The summed E-state index contributed by atoms with van der Waals surface area (Å²) in [6.07, 6.45) is -2.63. The minimum atomic E-state index is -4.36. The number of carbonyl (C=O) groups excluding carboxylic acids is 1. The zero-order valence-electron chi connectivity index (χ0n) is 15.6. The first-order valence-electron chi connectivity index (χ1n) is 9.44. The van der Waals surface area contributed by atoms with E-state index in [9.17, 15) is 18.0 Å². The van der Waals surface area contributed by atoms with Crippen LogP contribution in [-0.4, -0.2) is 40.3 Å². The third kappa shape index (κ3) is 3.41. The fourth-order valence-electron chi connectivity index (χ4n) is 4.24. The average molecular weight is 393 g/mol. The summed E-state index contributed by atoms with van der Waals surface area (Å²) >= 11 is 0. The molecule has 150 valence electrons. The number of rotatable bonds is 2. The van der Waals surface area contributed by atoms with Gasteiger partial charge in [0.1, 0.15) is 0 Å². The zero-order chi connectivity index (χ0) is 19.9. The molecule has 0 aliphatic carbocycles. The number of ether oxygens (including phenoxy) is 1. The minimum Gasteiger partial charge on any atom is -0.376 e. The molecule has 1 saturated heterocycles. The maximum Gasteiger partial charge on any atom is 0.416 e. The summed E-state index contributed by atoms with van der Waals surface area (Å²) in [6, 6.07) is 5.74. The smallest absolute Gasteiger partial charge is 0.376 e. The molecule has 4 rings (SSSR count). The molecule has 2 aliphatic rings. The molecule has 0 radical (unpaired) electrons. The highest BCUT2D eigenvalue weighted by atomic mass is 19.4. The fourth-order valence-corrected chi connectivity index (χ4v) is 4.24. The van der Waals surface area contributed by atoms with Crippen LogP contribution in [0.2, 0.25) is 0 Å². The second-order valence-electron chi connectivity index (χ2n) is 7.35. The number of hydrogen-bond donors (Lipinski definition) is 0. The van der Waals surface area contributed by atoms with E-state index in [0.717, 1.165) is 23.7 Å². The Morgan fingerprint density at radius 2 is 1.93 bits per heavy atom. The van der Waals surface area contributed by atoms with Crippen molar-refractivity contribution >= 4 is 5.91 Å². The number of aryl methyl sites for hydroxylation is 1. The van der Waals surface area contributed by atoms with Crippen LogP contribution in [0.15, 0.2) is 24.3 Å². The SMILES string of the molecule is Cn1nc(C(=O)N2CCC(c3ccccc3C(F)(F)F)CC2)c2c1CCOC2. The van der Waals surface area contributed by atoms with Crippen LogP contribution >= 0.6 is 0 Å². The van der Waals surface area contributed by atoms with Crippen LogP contribution in [0.4, 0.5) is 13.2 Å².